The highest BCUT2D eigenvalue weighted by atomic mass is 127. The number of rotatable bonds is 11. The fraction of sp³-hybridized carbons (Fsp3) is 0.786. The minimum Gasteiger partial charge on any atom is -0.357 e. The lowest BCUT2D eigenvalue weighted by atomic mass is 10.3. The Kier molecular flexibility index (Phi) is 15.5. The Bertz CT molecular complexity index is 413. The number of aliphatic imine (C=N–C) groups is 1. The van der Waals surface area contributed by atoms with Crippen LogP contribution in [0.1, 0.15) is 33.1 Å². The molecule has 0 heterocycles. The van der Waals surface area contributed by atoms with Gasteiger partial charge in [-0.05, 0) is 33.1 Å². The lowest BCUT2D eigenvalue weighted by Gasteiger charge is -2.21. The van der Waals surface area contributed by atoms with Gasteiger partial charge in [0.25, 0.3) is 0 Å². The van der Waals surface area contributed by atoms with Gasteiger partial charge in [0, 0.05) is 33.2 Å². The number of sulfonamides is 1. The van der Waals surface area contributed by atoms with E-state index in [1.807, 2.05) is 20.0 Å². The van der Waals surface area contributed by atoms with E-state index < -0.39 is 10.0 Å². The predicted octanol–water partition coefficient (Wildman–Crippen LogP) is 1.80. The third-order valence-corrected chi connectivity index (χ3v) is 4.30. The Hall–Kier alpha value is -0.350. The Morgan fingerprint density at radius 1 is 1.32 bits per heavy atom. The molecule has 0 aromatic carbocycles. The van der Waals surface area contributed by atoms with Crippen LogP contribution < -0.4 is 10.0 Å². The molecule has 0 rings (SSSR count). The van der Waals surface area contributed by atoms with Crippen LogP contribution in [-0.2, 0) is 10.0 Å². The van der Waals surface area contributed by atoms with E-state index in [4.69, 9.17) is 0 Å². The van der Waals surface area contributed by atoms with Crippen LogP contribution in [0.2, 0.25) is 0 Å². The predicted molar refractivity (Wildman–Crippen MR) is 106 cm³/mol. The van der Waals surface area contributed by atoms with Gasteiger partial charge in [-0.1, -0.05) is 6.08 Å². The third-order valence-electron chi connectivity index (χ3n) is 2.90. The molecule has 0 aliphatic rings. The van der Waals surface area contributed by atoms with Gasteiger partial charge in [0.15, 0.2) is 5.96 Å². The average molecular weight is 446 g/mol. The van der Waals surface area contributed by atoms with Crippen molar-refractivity contribution in [1.29, 1.82) is 0 Å². The van der Waals surface area contributed by atoms with E-state index in [9.17, 15) is 8.42 Å². The maximum Gasteiger partial charge on any atom is 0.211 e. The highest BCUT2D eigenvalue weighted by Crippen LogP contribution is 1.95. The van der Waals surface area contributed by atoms with Crippen molar-refractivity contribution in [2.75, 3.05) is 39.0 Å². The Balaban J connectivity index is 0. The summed E-state index contributed by atoms with van der Waals surface area (Å²) in [6, 6.07) is 0. The molecule has 0 aromatic rings. The summed E-state index contributed by atoms with van der Waals surface area (Å²) in [5, 5.41) is 3.24. The summed E-state index contributed by atoms with van der Waals surface area (Å²) in [4.78, 5) is 6.59. The Morgan fingerprint density at radius 2 is 2.00 bits per heavy atom. The van der Waals surface area contributed by atoms with Gasteiger partial charge in [0.1, 0.15) is 0 Å². The third kappa shape index (κ3) is 12.2. The molecule has 0 aliphatic heterocycles. The summed E-state index contributed by atoms with van der Waals surface area (Å²) in [6.07, 6.45) is 4.63. The van der Waals surface area contributed by atoms with Gasteiger partial charge in [-0.15, -0.1) is 30.6 Å². The zero-order valence-electron chi connectivity index (χ0n) is 14.0. The number of allylic oxidation sites excluding steroid dienone is 1. The molecule has 0 fully saturated rings. The van der Waals surface area contributed by atoms with Crippen LogP contribution in [0.5, 0.6) is 0 Å². The highest BCUT2D eigenvalue weighted by Gasteiger charge is 2.06. The summed E-state index contributed by atoms with van der Waals surface area (Å²) in [5.41, 5.74) is 0. The van der Waals surface area contributed by atoms with Crippen molar-refractivity contribution in [2.24, 2.45) is 4.99 Å². The van der Waals surface area contributed by atoms with Gasteiger partial charge in [0.05, 0.1) is 5.75 Å². The number of guanidine groups is 1. The van der Waals surface area contributed by atoms with E-state index in [-0.39, 0.29) is 29.7 Å². The average Bonchev–Trinajstić information content (AvgIpc) is 2.46. The molecule has 132 valence electrons. The van der Waals surface area contributed by atoms with Gasteiger partial charge in [-0.3, -0.25) is 4.99 Å². The zero-order chi connectivity index (χ0) is 16.1. The number of hydrogen-bond donors (Lipinski definition) is 2. The SMILES string of the molecule is C=CCCCN(C)C(=NCCCNS(=O)(=O)CC)NCC.I. The molecule has 0 unspecified atom stereocenters. The fourth-order valence-corrected chi connectivity index (χ4v) is 2.30. The van der Waals surface area contributed by atoms with Crippen molar-refractivity contribution in [3.63, 3.8) is 0 Å². The Labute approximate surface area is 152 Å². The normalized spacial score (nSPS) is 11.7. The van der Waals surface area contributed by atoms with Crippen molar-refractivity contribution in [3.05, 3.63) is 12.7 Å². The summed E-state index contributed by atoms with van der Waals surface area (Å²) < 4.78 is 25.1. The first-order valence-corrected chi connectivity index (χ1v) is 9.19. The Morgan fingerprint density at radius 3 is 2.55 bits per heavy atom. The number of nitrogens with one attached hydrogen (secondary N) is 2. The minimum absolute atomic E-state index is 0. The maximum atomic E-state index is 11.3. The number of halogens is 1. The summed E-state index contributed by atoms with van der Waals surface area (Å²) in [6.45, 7) is 10.1. The van der Waals surface area contributed by atoms with E-state index in [1.165, 1.54) is 0 Å². The molecule has 0 bridgehead atoms. The van der Waals surface area contributed by atoms with Crippen LogP contribution in [0, 0.1) is 0 Å². The van der Waals surface area contributed by atoms with E-state index in [2.05, 4.69) is 26.5 Å². The monoisotopic (exact) mass is 446 g/mol. The van der Waals surface area contributed by atoms with Crippen molar-refractivity contribution in [1.82, 2.24) is 14.9 Å². The van der Waals surface area contributed by atoms with Gasteiger partial charge in [-0.2, -0.15) is 0 Å². The molecule has 8 heteroatoms. The van der Waals surface area contributed by atoms with Crippen molar-refractivity contribution >= 4 is 40.0 Å². The molecule has 0 saturated heterocycles. The van der Waals surface area contributed by atoms with Crippen LogP contribution in [0.3, 0.4) is 0 Å². The second-order valence-corrected chi connectivity index (χ2v) is 6.83. The van der Waals surface area contributed by atoms with E-state index in [0.717, 1.165) is 31.9 Å². The lowest BCUT2D eigenvalue weighted by Crippen LogP contribution is -2.39. The molecule has 0 spiro atoms. The molecule has 0 amide bonds. The van der Waals surface area contributed by atoms with Gasteiger partial charge in [-0.25, -0.2) is 13.1 Å². The molecule has 22 heavy (non-hydrogen) atoms. The molecule has 0 atom stereocenters. The van der Waals surface area contributed by atoms with Crippen LogP contribution in [-0.4, -0.2) is 58.3 Å². The molecule has 0 saturated carbocycles. The molecule has 0 aromatic heterocycles. The topological polar surface area (TPSA) is 73.8 Å². The highest BCUT2D eigenvalue weighted by molar-refractivity contribution is 14.0. The van der Waals surface area contributed by atoms with Crippen LogP contribution in [0.15, 0.2) is 17.6 Å². The van der Waals surface area contributed by atoms with E-state index in [1.54, 1.807) is 6.92 Å². The summed E-state index contributed by atoms with van der Waals surface area (Å²) >= 11 is 0. The second-order valence-electron chi connectivity index (χ2n) is 4.74. The van der Waals surface area contributed by atoms with Crippen molar-refractivity contribution in [3.8, 4) is 0 Å². The molecule has 6 nitrogen and oxygen atoms in total. The smallest absolute Gasteiger partial charge is 0.211 e. The van der Waals surface area contributed by atoms with Crippen molar-refractivity contribution < 1.29 is 8.42 Å². The standard InChI is InChI=1S/C14H30N4O2S.HI/c1-5-8-9-13-18(4)14(15-6-2)16-11-10-12-17-21(19,20)7-3;/h5,17H,1,6-13H2,2-4H3,(H,15,16);1H. The number of unbranched alkanes of at least 4 members (excludes halogenated alkanes) is 1. The quantitative estimate of drug-likeness (QED) is 0.167. The maximum absolute atomic E-state index is 11.3. The fourth-order valence-electron chi connectivity index (χ4n) is 1.64. The lowest BCUT2D eigenvalue weighted by molar-refractivity contribution is 0.469. The molecule has 0 aliphatic carbocycles. The van der Waals surface area contributed by atoms with Crippen LogP contribution in [0.25, 0.3) is 0 Å². The van der Waals surface area contributed by atoms with Gasteiger partial charge < -0.3 is 10.2 Å². The largest absolute Gasteiger partial charge is 0.357 e. The van der Waals surface area contributed by atoms with E-state index >= 15 is 0 Å². The van der Waals surface area contributed by atoms with Crippen molar-refractivity contribution in [2.45, 2.75) is 33.1 Å². The number of nitrogens with zero attached hydrogens (tertiary/aromatic N) is 2. The van der Waals surface area contributed by atoms with Crippen LogP contribution in [0.4, 0.5) is 0 Å². The zero-order valence-corrected chi connectivity index (χ0v) is 17.1. The first kappa shape index (κ1) is 23.9. The molecule has 2 N–H and O–H groups in total. The van der Waals surface area contributed by atoms with Gasteiger partial charge >= 0.3 is 0 Å². The second kappa shape index (κ2) is 14.3. The minimum atomic E-state index is -3.10. The number of hydrogen-bond acceptors (Lipinski definition) is 3. The molecular weight excluding hydrogens is 415 g/mol. The summed E-state index contributed by atoms with van der Waals surface area (Å²) in [7, 11) is -1.09. The first-order chi connectivity index (χ1) is 9.96. The first-order valence-electron chi connectivity index (χ1n) is 7.54. The molecular formula is C14H31IN4O2S. The van der Waals surface area contributed by atoms with Gasteiger partial charge in [0.2, 0.25) is 10.0 Å². The summed E-state index contributed by atoms with van der Waals surface area (Å²) in [5.74, 6) is 0.977. The van der Waals surface area contributed by atoms with E-state index in [0.29, 0.717) is 19.5 Å². The molecule has 0 radical (unpaired) electrons. The van der Waals surface area contributed by atoms with Crippen LogP contribution >= 0.6 is 24.0 Å².